The molecule has 1 atom stereocenters. The van der Waals surface area contributed by atoms with E-state index in [-0.39, 0.29) is 11.3 Å². The number of pyridine rings is 1. The number of nitrogens with one attached hydrogen (secondary N) is 2. The molecule has 1 aliphatic carbocycles. The van der Waals surface area contributed by atoms with Gasteiger partial charge in [0, 0.05) is 31.0 Å². The Hall–Kier alpha value is -0.980. The van der Waals surface area contributed by atoms with Gasteiger partial charge in [0.1, 0.15) is 0 Å². The Bertz CT molecular complexity index is 568. The standard InChI is InChI=1S/C14H23N3O2S/c1-10-6-13(9-16-12(10)3)8-15-11(2)7-17-20(18,19)14-4-5-14/h6,9,11,14-15,17H,4-5,7-8H2,1-3H3. The number of hydrogen-bond acceptors (Lipinski definition) is 4. The highest BCUT2D eigenvalue weighted by atomic mass is 32.2. The zero-order valence-corrected chi connectivity index (χ0v) is 13.1. The van der Waals surface area contributed by atoms with Crippen molar-refractivity contribution in [1.29, 1.82) is 0 Å². The highest BCUT2D eigenvalue weighted by Crippen LogP contribution is 2.27. The molecule has 1 fully saturated rings. The maximum atomic E-state index is 11.7. The van der Waals surface area contributed by atoms with Crippen LogP contribution in [0.5, 0.6) is 0 Å². The van der Waals surface area contributed by atoms with Gasteiger partial charge in [-0.15, -0.1) is 0 Å². The minimum absolute atomic E-state index is 0.0881. The van der Waals surface area contributed by atoms with Crippen LogP contribution in [0, 0.1) is 13.8 Å². The minimum Gasteiger partial charge on any atom is -0.309 e. The molecule has 0 saturated heterocycles. The Morgan fingerprint density at radius 1 is 1.40 bits per heavy atom. The molecule has 1 heterocycles. The van der Waals surface area contributed by atoms with E-state index in [1.807, 2.05) is 27.0 Å². The molecule has 0 aliphatic heterocycles. The summed E-state index contributed by atoms with van der Waals surface area (Å²) in [7, 11) is -3.08. The van der Waals surface area contributed by atoms with Crippen LogP contribution in [-0.4, -0.2) is 31.2 Å². The molecule has 0 bridgehead atoms. The highest BCUT2D eigenvalue weighted by molar-refractivity contribution is 7.90. The van der Waals surface area contributed by atoms with Crippen molar-refractivity contribution in [2.24, 2.45) is 0 Å². The van der Waals surface area contributed by atoms with E-state index >= 15 is 0 Å². The zero-order valence-electron chi connectivity index (χ0n) is 12.3. The quantitative estimate of drug-likeness (QED) is 0.795. The van der Waals surface area contributed by atoms with Gasteiger partial charge in [0.25, 0.3) is 0 Å². The average Bonchev–Trinajstić information content (AvgIpc) is 3.22. The van der Waals surface area contributed by atoms with E-state index in [9.17, 15) is 8.42 Å². The molecule has 0 radical (unpaired) electrons. The lowest BCUT2D eigenvalue weighted by atomic mass is 10.1. The number of rotatable bonds is 7. The Morgan fingerprint density at radius 3 is 2.70 bits per heavy atom. The summed E-state index contributed by atoms with van der Waals surface area (Å²) in [6, 6.07) is 2.20. The van der Waals surface area contributed by atoms with Gasteiger partial charge in [-0.3, -0.25) is 4.98 Å². The smallest absolute Gasteiger partial charge is 0.214 e. The summed E-state index contributed by atoms with van der Waals surface area (Å²) in [6.07, 6.45) is 3.45. The van der Waals surface area contributed by atoms with Gasteiger partial charge in [0.2, 0.25) is 10.0 Å². The molecule has 1 unspecified atom stereocenters. The lowest BCUT2D eigenvalue weighted by Crippen LogP contribution is -2.39. The first kappa shape index (κ1) is 15.4. The largest absolute Gasteiger partial charge is 0.309 e. The Labute approximate surface area is 121 Å². The summed E-state index contributed by atoms with van der Waals surface area (Å²) in [5, 5.41) is 3.16. The van der Waals surface area contributed by atoms with Crippen molar-refractivity contribution in [2.75, 3.05) is 6.54 Å². The topological polar surface area (TPSA) is 71.1 Å². The normalized spacial score (nSPS) is 17.1. The van der Waals surface area contributed by atoms with E-state index in [1.165, 1.54) is 5.56 Å². The van der Waals surface area contributed by atoms with Crippen LogP contribution < -0.4 is 10.0 Å². The molecule has 1 aromatic rings. The third-order valence-corrected chi connectivity index (χ3v) is 5.52. The molecule has 112 valence electrons. The third kappa shape index (κ3) is 4.26. The van der Waals surface area contributed by atoms with Gasteiger partial charge in [0.15, 0.2) is 0 Å². The molecule has 0 amide bonds. The molecule has 2 rings (SSSR count). The van der Waals surface area contributed by atoms with Gasteiger partial charge in [-0.05, 0) is 44.7 Å². The molecular weight excluding hydrogens is 274 g/mol. The van der Waals surface area contributed by atoms with E-state index in [2.05, 4.69) is 21.1 Å². The van der Waals surface area contributed by atoms with Crippen LogP contribution in [0.2, 0.25) is 0 Å². The predicted octanol–water partition coefficient (Wildman–Crippen LogP) is 1.26. The van der Waals surface area contributed by atoms with Crippen LogP contribution in [-0.2, 0) is 16.6 Å². The average molecular weight is 297 g/mol. The molecule has 2 N–H and O–H groups in total. The van der Waals surface area contributed by atoms with Gasteiger partial charge in [-0.25, -0.2) is 13.1 Å². The molecule has 5 nitrogen and oxygen atoms in total. The maximum absolute atomic E-state index is 11.7. The van der Waals surface area contributed by atoms with Crippen LogP contribution in [0.25, 0.3) is 0 Å². The zero-order chi connectivity index (χ0) is 14.8. The van der Waals surface area contributed by atoms with E-state index in [0.29, 0.717) is 13.1 Å². The van der Waals surface area contributed by atoms with Crippen LogP contribution >= 0.6 is 0 Å². The fourth-order valence-electron chi connectivity index (χ4n) is 1.90. The third-order valence-electron chi connectivity index (χ3n) is 3.61. The summed E-state index contributed by atoms with van der Waals surface area (Å²) >= 11 is 0. The van der Waals surface area contributed by atoms with Crippen molar-refractivity contribution >= 4 is 10.0 Å². The van der Waals surface area contributed by atoms with E-state index in [1.54, 1.807) is 0 Å². The summed E-state index contributed by atoms with van der Waals surface area (Å²) in [5.74, 6) is 0. The van der Waals surface area contributed by atoms with Gasteiger partial charge in [0.05, 0.1) is 5.25 Å². The molecule has 0 spiro atoms. The molecule has 1 saturated carbocycles. The first-order valence-corrected chi connectivity index (χ1v) is 8.57. The van der Waals surface area contributed by atoms with Crippen molar-refractivity contribution in [1.82, 2.24) is 15.0 Å². The summed E-state index contributed by atoms with van der Waals surface area (Å²) in [5.41, 5.74) is 3.33. The first-order chi connectivity index (χ1) is 9.38. The van der Waals surface area contributed by atoms with E-state index in [4.69, 9.17) is 0 Å². The second-order valence-electron chi connectivity index (χ2n) is 5.62. The second kappa shape index (κ2) is 6.20. The number of aromatic nitrogens is 1. The number of aryl methyl sites for hydroxylation is 2. The monoisotopic (exact) mass is 297 g/mol. The van der Waals surface area contributed by atoms with Crippen molar-refractivity contribution in [3.63, 3.8) is 0 Å². The van der Waals surface area contributed by atoms with Gasteiger partial charge >= 0.3 is 0 Å². The van der Waals surface area contributed by atoms with E-state index in [0.717, 1.165) is 24.1 Å². The fourth-order valence-corrected chi connectivity index (χ4v) is 3.37. The molecular formula is C14H23N3O2S. The Morgan fingerprint density at radius 2 is 2.10 bits per heavy atom. The predicted molar refractivity (Wildman–Crippen MR) is 80.0 cm³/mol. The van der Waals surface area contributed by atoms with Crippen molar-refractivity contribution in [3.05, 3.63) is 29.1 Å². The van der Waals surface area contributed by atoms with Crippen molar-refractivity contribution < 1.29 is 8.42 Å². The van der Waals surface area contributed by atoms with Gasteiger partial charge in [-0.2, -0.15) is 0 Å². The Kier molecular flexibility index (Phi) is 4.78. The Balaban J connectivity index is 1.77. The number of nitrogens with zero attached hydrogens (tertiary/aromatic N) is 1. The van der Waals surface area contributed by atoms with Crippen LogP contribution in [0.1, 0.15) is 36.6 Å². The highest BCUT2D eigenvalue weighted by Gasteiger charge is 2.35. The van der Waals surface area contributed by atoms with Crippen LogP contribution in [0.3, 0.4) is 0 Å². The molecule has 1 aromatic heterocycles. The molecule has 0 aromatic carbocycles. The lowest BCUT2D eigenvalue weighted by Gasteiger charge is -2.15. The summed E-state index contributed by atoms with van der Waals surface area (Å²) in [6.45, 7) is 7.13. The molecule has 1 aliphatic rings. The summed E-state index contributed by atoms with van der Waals surface area (Å²) in [4.78, 5) is 4.32. The fraction of sp³-hybridized carbons (Fsp3) is 0.643. The lowest BCUT2D eigenvalue weighted by molar-refractivity contribution is 0.523. The van der Waals surface area contributed by atoms with Gasteiger partial charge in [-0.1, -0.05) is 6.07 Å². The summed E-state index contributed by atoms with van der Waals surface area (Å²) < 4.78 is 26.1. The molecule has 6 heteroatoms. The van der Waals surface area contributed by atoms with Gasteiger partial charge < -0.3 is 5.32 Å². The minimum atomic E-state index is -3.08. The first-order valence-electron chi connectivity index (χ1n) is 7.02. The number of hydrogen-bond donors (Lipinski definition) is 2. The van der Waals surface area contributed by atoms with Crippen LogP contribution in [0.15, 0.2) is 12.3 Å². The molecule has 20 heavy (non-hydrogen) atoms. The van der Waals surface area contributed by atoms with Crippen LogP contribution in [0.4, 0.5) is 0 Å². The maximum Gasteiger partial charge on any atom is 0.214 e. The SMILES string of the molecule is Cc1cc(CNC(C)CNS(=O)(=O)C2CC2)cnc1C. The van der Waals surface area contributed by atoms with E-state index < -0.39 is 10.0 Å². The second-order valence-corrected chi connectivity index (χ2v) is 7.67. The van der Waals surface area contributed by atoms with Crippen molar-refractivity contribution in [3.8, 4) is 0 Å². The number of sulfonamides is 1. The van der Waals surface area contributed by atoms with Crippen molar-refractivity contribution in [2.45, 2.75) is 51.4 Å².